The zero-order valence-corrected chi connectivity index (χ0v) is 13.2. The molecule has 21 heavy (non-hydrogen) atoms. The molecule has 2 aromatic rings. The zero-order chi connectivity index (χ0) is 15.5. The van der Waals surface area contributed by atoms with E-state index in [1.165, 1.54) is 17.4 Å². The van der Waals surface area contributed by atoms with Crippen LogP contribution in [0, 0.1) is 0 Å². The van der Waals surface area contributed by atoms with Crippen LogP contribution in [-0.4, -0.2) is 14.7 Å². The number of aryl methyl sites for hydroxylation is 1. The van der Waals surface area contributed by atoms with Crippen molar-refractivity contribution in [3.8, 4) is 0 Å². The summed E-state index contributed by atoms with van der Waals surface area (Å²) in [7, 11) is -3.15. The number of nitrogens with two attached hydrogens (primary N) is 1. The maximum absolute atomic E-state index is 11.4. The van der Waals surface area contributed by atoms with Gasteiger partial charge in [0.1, 0.15) is 0 Å². The first kappa shape index (κ1) is 15.7. The van der Waals surface area contributed by atoms with Crippen LogP contribution in [0.3, 0.4) is 0 Å². The van der Waals surface area contributed by atoms with Crippen molar-refractivity contribution in [3.63, 3.8) is 0 Å². The molecule has 0 fully saturated rings. The Morgan fingerprint density at radius 1 is 0.952 bits per heavy atom. The van der Waals surface area contributed by atoms with E-state index in [1.54, 1.807) is 24.3 Å². The summed E-state index contributed by atoms with van der Waals surface area (Å²) in [6.07, 6.45) is 2.97. The molecule has 0 spiro atoms. The summed E-state index contributed by atoms with van der Waals surface area (Å²) in [5.41, 5.74) is 9.65. The minimum Gasteiger partial charge on any atom is -0.324 e. The van der Waals surface area contributed by atoms with Gasteiger partial charge in [-0.2, -0.15) is 0 Å². The maximum atomic E-state index is 11.4. The van der Waals surface area contributed by atoms with Crippen molar-refractivity contribution in [3.05, 3.63) is 65.2 Å². The van der Waals surface area contributed by atoms with Gasteiger partial charge in [0.25, 0.3) is 0 Å². The lowest BCUT2D eigenvalue weighted by Crippen LogP contribution is -2.13. The van der Waals surface area contributed by atoms with Gasteiger partial charge in [0, 0.05) is 12.3 Å². The van der Waals surface area contributed by atoms with Crippen LogP contribution in [0.25, 0.3) is 0 Å². The van der Waals surface area contributed by atoms with Crippen LogP contribution < -0.4 is 5.73 Å². The van der Waals surface area contributed by atoms with Crippen molar-refractivity contribution < 1.29 is 8.42 Å². The highest BCUT2D eigenvalue weighted by Gasteiger charge is 2.10. The Kier molecular flexibility index (Phi) is 4.80. The molecule has 0 amide bonds. The van der Waals surface area contributed by atoms with Gasteiger partial charge in [-0.3, -0.25) is 0 Å². The molecule has 2 rings (SSSR count). The van der Waals surface area contributed by atoms with Crippen LogP contribution >= 0.6 is 0 Å². The third kappa shape index (κ3) is 4.16. The average Bonchev–Trinajstić information content (AvgIpc) is 2.47. The molecule has 2 N–H and O–H groups in total. The Morgan fingerprint density at radius 2 is 1.48 bits per heavy atom. The smallest absolute Gasteiger partial charge is 0.175 e. The minimum atomic E-state index is -3.15. The van der Waals surface area contributed by atoms with Crippen LogP contribution in [0.2, 0.25) is 0 Å². The number of hydrogen-bond donors (Lipinski definition) is 1. The van der Waals surface area contributed by atoms with Crippen LogP contribution in [0.5, 0.6) is 0 Å². The average molecular weight is 303 g/mol. The molecular weight excluding hydrogens is 282 g/mol. The van der Waals surface area contributed by atoms with E-state index in [2.05, 4.69) is 31.2 Å². The van der Waals surface area contributed by atoms with Crippen LogP contribution in [-0.2, 0) is 22.7 Å². The maximum Gasteiger partial charge on any atom is 0.175 e. The summed E-state index contributed by atoms with van der Waals surface area (Å²) < 4.78 is 22.9. The van der Waals surface area contributed by atoms with Gasteiger partial charge in [-0.15, -0.1) is 0 Å². The van der Waals surface area contributed by atoms with Gasteiger partial charge in [-0.05, 0) is 41.7 Å². The third-order valence-electron chi connectivity index (χ3n) is 3.62. The predicted octanol–water partition coefficient (Wildman–Crippen LogP) is 2.90. The van der Waals surface area contributed by atoms with E-state index >= 15 is 0 Å². The highest BCUT2D eigenvalue weighted by atomic mass is 32.2. The summed E-state index contributed by atoms with van der Waals surface area (Å²) in [5.74, 6) is 0. The molecule has 1 unspecified atom stereocenters. The van der Waals surface area contributed by atoms with Crippen LogP contribution in [0.4, 0.5) is 0 Å². The van der Waals surface area contributed by atoms with Crippen LogP contribution in [0.15, 0.2) is 53.4 Å². The number of rotatable bonds is 5. The highest BCUT2D eigenvalue weighted by Crippen LogP contribution is 2.19. The van der Waals surface area contributed by atoms with E-state index in [9.17, 15) is 8.42 Å². The van der Waals surface area contributed by atoms with Crippen molar-refractivity contribution in [2.45, 2.75) is 30.7 Å². The van der Waals surface area contributed by atoms with Crippen molar-refractivity contribution in [2.24, 2.45) is 5.73 Å². The Morgan fingerprint density at radius 3 is 1.95 bits per heavy atom. The summed E-state index contributed by atoms with van der Waals surface area (Å²) in [6.45, 7) is 2.13. The fourth-order valence-electron chi connectivity index (χ4n) is 2.25. The van der Waals surface area contributed by atoms with Crippen molar-refractivity contribution in [1.29, 1.82) is 0 Å². The summed E-state index contributed by atoms with van der Waals surface area (Å²) in [4.78, 5) is 0.325. The van der Waals surface area contributed by atoms with Gasteiger partial charge in [-0.25, -0.2) is 8.42 Å². The largest absolute Gasteiger partial charge is 0.324 e. The lowest BCUT2D eigenvalue weighted by Gasteiger charge is -2.13. The molecular formula is C17H21NO2S. The summed E-state index contributed by atoms with van der Waals surface area (Å²) in [5, 5.41) is 0. The van der Waals surface area contributed by atoms with Crippen LogP contribution in [0.1, 0.15) is 29.7 Å². The van der Waals surface area contributed by atoms with Gasteiger partial charge in [0.2, 0.25) is 0 Å². The molecule has 0 aliphatic rings. The summed E-state index contributed by atoms with van der Waals surface area (Å²) in [6, 6.07) is 15.1. The number of sulfone groups is 1. The molecule has 0 heterocycles. The molecule has 2 aromatic carbocycles. The Labute approximate surface area is 126 Å². The van der Waals surface area contributed by atoms with E-state index in [0.29, 0.717) is 4.90 Å². The molecule has 1 atom stereocenters. The zero-order valence-electron chi connectivity index (χ0n) is 12.4. The van der Waals surface area contributed by atoms with Crippen molar-refractivity contribution >= 4 is 9.84 Å². The molecule has 0 aliphatic carbocycles. The van der Waals surface area contributed by atoms with E-state index in [-0.39, 0.29) is 6.04 Å². The van der Waals surface area contributed by atoms with E-state index in [1.807, 2.05) is 0 Å². The highest BCUT2D eigenvalue weighted by molar-refractivity contribution is 7.90. The lowest BCUT2D eigenvalue weighted by atomic mass is 9.99. The quantitative estimate of drug-likeness (QED) is 0.924. The molecule has 0 saturated heterocycles. The van der Waals surface area contributed by atoms with E-state index in [4.69, 9.17) is 5.73 Å². The molecule has 0 radical (unpaired) electrons. The predicted molar refractivity (Wildman–Crippen MR) is 86.0 cm³/mol. The van der Waals surface area contributed by atoms with E-state index in [0.717, 1.165) is 18.4 Å². The molecule has 0 bridgehead atoms. The molecule has 0 aromatic heterocycles. The van der Waals surface area contributed by atoms with Gasteiger partial charge in [0.05, 0.1) is 4.90 Å². The second kappa shape index (κ2) is 6.41. The Hall–Kier alpha value is -1.65. The van der Waals surface area contributed by atoms with Crippen molar-refractivity contribution in [1.82, 2.24) is 0 Å². The Balaban J connectivity index is 2.10. The van der Waals surface area contributed by atoms with Gasteiger partial charge < -0.3 is 5.73 Å². The normalized spacial score (nSPS) is 13.1. The first-order valence-electron chi connectivity index (χ1n) is 7.03. The fourth-order valence-corrected chi connectivity index (χ4v) is 2.88. The molecule has 112 valence electrons. The standard InChI is InChI=1S/C17H21NO2S/c1-3-13-4-6-14(7-5-13)12-17(18)15-8-10-16(11-9-15)21(2,19)20/h4-11,17H,3,12,18H2,1-2H3. The third-order valence-corrected chi connectivity index (χ3v) is 4.75. The molecule has 0 aliphatic heterocycles. The van der Waals surface area contributed by atoms with Crippen molar-refractivity contribution in [2.75, 3.05) is 6.26 Å². The number of hydrogen-bond acceptors (Lipinski definition) is 3. The molecule has 3 nitrogen and oxygen atoms in total. The lowest BCUT2D eigenvalue weighted by molar-refractivity contribution is 0.601. The van der Waals surface area contributed by atoms with E-state index < -0.39 is 9.84 Å². The monoisotopic (exact) mass is 303 g/mol. The first-order chi connectivity index (χ1) is 9.90. The topological polar surface area (TPSA) is 60.2 Å². The first-order valence-corrected chi connectivity index (χ1v) is 8.92. The van der Waals surface area contributed by atoms with Gasteiger partial charge in [0.15, 0.2) is 9.84 Å². The second-order valence-electron chi connectivity index (χ2n) is 5.32. The number of benzene rings is 2. The SMILES string of the molecule is CCc1ccc(CC(N)c2ccc(S(C)(=O)=O)cc2)cc1. The second-order valence-corrected chi connectivity index (χ2v) is 7.34. The summed E-state index contributed by atoms with van der Waals surface area (Å²) >= 11 is 0. The van der Waals surface area contributed by atoms with Gasteiger partial charge >= 0.3 is 0 Å². The fraction of sp³-hybridized carbons (Fsp3) is 0.294. The molecule has 4 heteroatoms. The Bertz CT molecular complexity index is 689. The molecule has 0 saturated carbocycles. The minimum absolute atomic E-state index is 0.133. The van der Waals surface area contributed by atoms with Gasteiger partial charge in [-0.1, -0.05) is 43.3 Å².